The zero-order valence-corrected chi connectivity index (χ0v) is 8.61. The molecule has 0 amide bonds. The Balaban J connectivity index is 2.48. The molecule has 0 spiro atoms. The van der Waals surface area contributed by atoms with Crippen molar-refractivity contribution in [2.45, 2.75) is 6.61 Å². The van der Waals surface area contributed by atoms with Crippen LogP contribution in [0.15, 0.2) is 29.0 Å². The molecule has 0 fully saturated rings. The number of halogens is 1. The second-order valence-electron chi connectivity index (χ2n) is 3.13. The Kier molecular flexibility index (Phi) is 2.87. The SMILES string of the molecule is COc1ccc(-c2ocnc2CO)c(F)c1. The minimum Gasteiger partial charge on any atom is -0.497 e. The lowest BCUT2D eigenvalue weighted by Crippen LogP contribution is -1.91. The van der Waals surface area contributed by atoms with E-state index in [-0.39, 0.29) is 17.9 Å². The Labute approximate surface area is 91.3 Å². The molecule has 0 bridgehead atoms. The molecular formula is C11H10FNO3. The van der Waals surface area contributed by atoms with Crippen LogP contribution in [0.5, 0.6) is 5.75 Å². The van der Waals surface area contributed by atoms with Gasteiger partial charge in [0.2, 0.25) is 0 Å². The van der Waals surface area contributed by atoms with Gasteiger partial charge in [-0.25, -0.2) is 9.37 Å². The summed E-state index contributed by atoms with van der Waals surface area (Å²) in [6, 6.07) is 4.38. The molecule has 0 unspecified atom stereocenters. The van der Waals surface area contributed by atoms with Gasteiger partial charge in [-0.3, -0.25) is 0 Å². The smallest absolute Gasteiger partial charge is 0.181 e. The van der Waals surface area contributed by atoms with Crippen molar-refractivity contribution < 1.29 is 18.7 Å². The van der Waals surface area contributed by atoms with Gasteiger partial charge in [-0.1, -0.05) is 0 Å². The van der Waals surface area contributed by atoms with E-state index in [0.717, 1.165) is 0 Å². The van der Waals surface area contributed by atoms with E-state index < -0.39 is 5.82 Å². The van der Waals surface area contributed by atoms with Gasteiger partial charge >= 0.3 is 0 Å². The van der Waals surface area contributed by atoms with Crippen molar-refractivity contribution in [2.75, 3.05) is 7.11 Å². The van der Waals surface area contributed by atoms with Gasteiger partial charge in [0.05, 0.1) is 19.3 Å². The number of hydrogen-bond donors (Lipinski definition) is 1. The predicted octanol–water partition coefficient (Wildman–Crippen LogP) is 1.98. The lowest BCUT2D eigenvalue weighted by Gasteiger charge is -2.03. The maximum Gasteiger partial charge on any atom is 0.181 e. The molecule has 0 aliphatic rings. The quantitative estimate of drug-likeness (QED) is 0.864. The molecule has 1 aromatic carbocycles. The van der Waals surface area contributed by atoms with Gasteiger partial charge in [0, 0.05) is 6.07 Å². The standard InChI is InChI=1S/C11H10FNO3/c1-15-7-2-3-8(9(12)4-7)11-10(5-14)13-6-16-11/h2-4,6,14H,5H2,1H3. The number of methoxy groups -OCH3 is 1. The molecule has 84 valence electrons. The monoisotopic (exact) mass is 223 g/mol. The first-order chi connectivity index (χ1) is 7.76. The highest BCUT2D eigenvalue weighted by Gasteiger charge is 2.14. The van der Waals surface area contributed by atoms with Gasteiger partial charge in [0.25, 0.3) is 0 Å². The maximum atomic E-state index is 13.7. The molecule has 0 saturated heterocycles. The van der Waals surface area contributed by atoms with Crippen LogP contribution < -0.4 is 4.74 Å². The van der Waals surface area contributed by atoms with Crippen LogP contribution in [-0.2, 0) is 6.61 Å². The molecule has 0 aliphatic carbocycles. The lowest BCUT2D eigenvalue weighted by atomic mass is 10.1. The highest BCUT2D eigenvalue weighted by atomic mass is 19.1. The third-order valence-corrected chi connectivity index (χ3v) is 2.21. The van der Waals surface area contributed by atoms with Crippen molar-refractivity contribution in [1.29, 1.82) is 0 Å². The van der Waals surface area contributed by atoms with E-state index in [4.69, 9.17) is 14.3 Å². The summed E-state index contributed by atoms with van der Waals surface area (Å²) in [5.41, 5.74) is 0.561. The summed E-state index contributed by atoms with van der Waals surface area (Å²) < 4.78 is 23.6. The largest absolute Gasteiger partial charge is 0.497 e. The lowest BCUT2D eigenvalue weighted by molar-refractivity contribution is 0.277. The van der Waals surface area contributed by atoms with E-state index in [1.165, 1.54) is 25.6 Å². The van der Waals surface area contributed by atoms with Crippen molar-refractivity contribution in [1.82, 2.24) is 4.98 Å². The van der Waals surface area contributed by atoms with Crippen molar-refractivity contribution in [3.8, 4) is 17.1 Å². The van der Waals surface area contributed by atoms with Crippen LogP contribution in [0.3, 0.4) is 0 Å². The summed E-state index contributed by atoms with van der Waals surface area (Å²) in [4.78, 5) is 3.78. The Morgan fingerprint density at radius 2 is 2.31 bits per heavy atom. The van der Waals surface area contributed by atoms with Gasteiger partial charge in [-0.15, -0.1) is 0 Å². The van der Waals surface area contributed by atoms with Crippen LogP contribution in [0.4, 0.5) is 4.39 Å². The molecule has 5 heteroatoms. The summed E-state index contributed by atoms with van der Waals surface area (Å²) in [5.74, 6) is 0.180. The molecule has 0 radical (unpaired) electrons. The van der Waals surface area contributed by atoms with Gasteiger partial charge in [0.15, 0.2) is 12.2 Å². The third kappa shape index (κ3) is 1.77. The van der Waals surface area contributed by atoms with Gasteiger partial charge in [-0.05, 0) is 12.1 Å². The van der Waals surface area contributed by atoms with Gasteiger partial charge in [0.1, 0.15) is 17.3 Å². The molecule has 2 rings (SSSR count). The summed E-state index contributed by atoms with van der Waals surface area (Å²) in [5, 5.41) is 8.99. The molecule has 16 heavy (non-hydrogen) atoms. The Hall–Kier alpha value is -1.88. The van der Waals surface area contributed by atoms with E-state index in [2.05, 4.69) is 4.98 Å². The topological polar surface area (TPSA) is 55.5 Å². The summed E-state index contributed by atoms with van der Waals surface area (Å²) >= 11 is 0. The number of oxazole rings is 1. The Morgan fingerprint density at radius 3 is 2.94 bits per heavy atom. The predicted molar refractivity (Wildman–Crippen MR) is 54.4 cm³/mol. The zero-order chi connectivity index (χ0) is 11.5. The van der Waals surface area contributed by atoms with Crippen molar-refractivity contribution in [3.05, 3.63) is 36.1 Å². The van der Waals surface area contributed by atoms with Crippen LogP contribution in [0.1, 0.15) is 5.69 Å². The number of ether oxygens (including phenoxy) is 1. The van der Waals surface area contributed by atoms with Crippen LogP contribution in [0, 0.1) is 5.82 Å². The number of nitrogens with zero attached hydrogens (tertiary/aromatic N) is 1. The molecule has 0 aliphatic heterocycles. The van der Waals surface area contributed by atoms with E-state index >= 15 is 0 Å². The first-order valence-electron chi connectivity index (χ1n) is 4.63. The summed E-state index contributed by atoms with van der Waals surface area (Å²) in [6.07, 6.45) is 1.17. The fraction of sp³-hybridized carbons (Fsp3) is 0.182. The molecule has 0 atom stereocenters. The van der Waals surface area contributed by atoms with Gasteiger partial charge in [-0.2, -0.15) is 0 Å². The van der Waals surface area contributed by atoms with E-state index in [0.29, 0.717) is 11.4 Å². The van der Waals surface area contributed by atoms with Gasteiger partial charge < -0.3 is 14.3 Å². The van der Waals surface area contributed by atoms with E-state index in [1.807, 2.05) is 0 Å². The van der Waals surface area contributed by atoms with Crippen molar-refractivity contribution in [3.63, 3.8) is 0 Å². The van der Waals surface area contributed by atoms with E-state index in [9.17, 15) is 4.39 Å². The van der Waals surface area contributed by atoms with Crippen molar-refractivity contribution in [2.24, 2.45) is 0 Å². The fourth-order valence-corrected chi connectivity index (χ4v) is 1.41. The molecule has 1 aromatic heterocycles. The minimum absolute atomic E-state index is 0.239. The molecule has 1 N–H and O–H groups in total. The number of aliphatic hydroxyl groups excluding tert-OH is 1. The van der Waals surface area contributed by atoms with Crippen LogP contribution in [-0.4, -0.2) is 17.2 Å². The first kappa shape index (κ1) is 10.6. The first-order valence-corrected chi connectivity index (χ1v) is 4.63. The van der Waals surface area contributed by atoms with Crippen LogP contribution in [0.2, 0.25) is 0 Å². The number of aromatic nitrogens is 1. The summed E-state index contributed by atoms with van der Waals surface area (Å²) in [6.45, 7) is -0.294. The second-order valence-corrected chi connectivity index (χ2v) is 3.13. The normalized spacial score (nSPS) is 10.4. The fourth-order valence-electron chi connectivity index (χ4n) is 1.41. The molecule has 0 saturated carbocycles. The summed E-state index contributed by atoms with van der Waals surface area (Å²) in [7, 11) is 1.46. The molecule has 2 aromatic rings. The molecule has 4 nitrogen and oxygen atoms in total. The Bertz CT molecular complexity index is 496. The number of benzene rings is 1. The highest BCUT2D eigenvalue weighted by Crippen LogP contribution is 2.28. The molecular weight excluding hydrogens is 213 g/mol. The minimum atomic E-state index is -0.481. The average Bonchev–Trinajstić information content (AvgIpc) is 2.76. The van der Waals surface area contributed by atoms with Crippen molar-refractivity contribution >= 4 is 0 Å². The third-order valence-electron chi connectivity index (χ3n) is 2.21. The highest BCUT2D eigenvalue weighted by molar-refractivity contribution is 5.61. The maximum absolute atomic E-state index is 13.7. The second kappa shape index (κ2) is 4.32. The molecule has 1 heterocycles. The Morgan fingerprint density at radius 1 is 1.50 bits per heavy atom. The number of rotatable bonds is 3. The number of hydrogen-bond acceptors (Lipinski definition) is 4. The van der Waals surface area contributed by atoms with E-state index in [1.54, 1.807) is 6.07 Å². The zero-order valence-electron chi connectivity index (χ0n) is 8.61. The average molecular weight is 223 g/mol. The van der Waals surface area contributed by atoms with Crippen LogP contribution >= 0.6 is 0 Å². The number of aliphatic hydroxyl groups is 1. The van der Waals surface area contributed by atoms with Crippen LogP contribution in [0.25, 0.3) is 11.3 Å².